The molecule has 0 aliphatic heterocycles. The predicted molar refractivity (Wildman–Crippen MR) is 50.5 cm³/mol. The van der Waals surface area contributed by atoms with Gasteiger partial charge in [0.15, 0.2) is 0 Å². The van der Waals surface area contributed by atoms with E-state index in [4.69, 9.17) is 5.11 Å². The lowest BCUT2D eigenvalue weighted by Crippen LogP contribution is -2.26. The highest BCUT2D eigenvalue weighted by atomic mass is 32.2. The fraction of sp³-hybridized carbons (Fsp3) is 0.875. The highest BCUT2D eigenvalue weighted by Crippen LogP contribution is 2.16. The lowest BCUT2D eigenvalue weighted by Gasteiger charge is -2.19. The average Bonchev–Trinajstić information content (AvgIpc) is 1.98. The van der Waals surface area contributed by atoms with Crippen molar-refractivity contribution < 1.29 is 15.0 Å². The van der Waals surface area contributed by atoms with E-state index in [2.05, 4.69) is 0 Å². The normalized spacial score (nSPS) is 15.6. The maximum Gasteiger partial charge on any atom is 0.304 e. The molecule has 0 aromatic rings. The van der Waals surface area contributed by atoms with Crippen LogP contribution in [0.15, 0.2) is 0 Å². The molecule has 0 saturated carbocycles. The van der Waals surface area contributed by atoms with Crippen molar-refractivity contribution in [3.05, 3.63) is 0 Å². The van der Waals surface area contributed by atoms with E-state index in [1.807, 2.05) is 6.92 Å². The van der Waals surface area contributed by atoms with Crippen LogP contribution in [-0.2, 0) is 4.79 Å². The van der Waals surface area contributed by atoms with Gasteiger partial charge in [0.1, 0.15) is 0 Å². The number of carboxylic acids is 1. The first-order valence-corrected chi connectivity index (χ1v) is 5.15. The number of rotatable bonds is 6. The van der Waals surface area contributed by atoms with Crippen LogP contribution in [0.2, 0.25) is 0 Å². The first-order chi connectivity index (χ1) is 5.48. The van der Waals surface area contributed by atoms with Gasteiger partial charge in [0.2, 0.25) is 0 Å². The number of carboxylic acid groups (broad SMARTS) is 1. The van der Waals surface area contributed by atoms with Gasteiger partial charge in [0, 0.05) is 11.5 Å². The fourth-order valence-corrected chi connectivity index (χ4v) is 1.66. The van der Waals surface area contributed by atoms with Gasteiger partial charge in [-0.25, -0.2) is 0 Å². The van der Waals surface area contributed by atoms with Crippen LogP contribution in [0.3, 0.4) is 0 Å². The molecule has 0 saturated heterocycles. The Kier molecular flexibility index (Phi) is 5.33. The molecule has 4 heteroatoms. The van der Waals surface area contributed by atoms with Gasteiger partial charge in [-0.1, -0.05) is 6.92 Å². The summed E-state index contributed by atoms with van der Waals surface area (Å²) in [4.78, 5) is 10.1. The standard InChI is InChI=1S/C8H16O3S/c1-3-8(2,11)6-12-5-4-7(9)10/h11H,3-6H2,1-2H3,(H,9,10). The summed E-state index contributed by atoms with van der Waals surface area (Å²) in [5.41, 5.74) is -0.650. The highest BCUT2D eigenvalue weighted by molar-refractivity contribution is 7.99. The van der Waals surface area contributed by atoms with Gasteiger partial charge in [0.25, 0.3) is 0 Å². The zero-order valence-electron chi connectivity index (χ0n) is 7.54. The highest BCUT2D eigenvalue weighted by Gasteiger charge is 2.16. The van der Waals surface area contributed by atoms with E-state index in [1.165, 1.54) is 11.8 Å². The molecule has 12 heavy (non-hydrogen) atoms. The van der Waals surface area contributed by atoms with Crippen LogP contribution < -0.4 is 0 Å². The van der Waals surface area contributed by atoms with Crippen molar-refractivity contribution in [3.8, 4) is 0 Å². The van der Waals surface area contributed by atoms with Gasteiger partial charge in [-0.15, -0.1) is 0 Å². The van der Waals surface area contributed by atoms with E-state index in [0.29, 0.717) is 17.9 Å². The Hall–Kier alpha value is -0.220. The summed E-state index contributed by atoms with van der Waals surface area (Å²) in [6, 6.07) is 0. The fourth-order valence-electron chi connectivity index (χ4n) is 0.554. The molecule has 1 unspecified atom stereocenters. The van der Waals surface area contributed by atoms with Crippen LogP contribution in [0.5, 0.6) is 0 Å². The number of thioether (sulfide) groups is 1. The molecule has 0 radical (unpaired) electrons. The molecule has 0 rings (SSSR count). The zero-order chi connectivity index (χ0) is 9.61. The summed E-state index contributed by atoms with van der Waals surface area (Å²) < 4.78 is 0. The molecule has 1 atom stereocenters. The van der Waals surface area contributed by atoms with E-state index in [-0.39, 0.29) is 6.42 Å². The second kappa shape index (κ2) is 5.43. The summed E-state index contributed by atoms with van der Waals surface area (Å²) in [6.45, 7) is 3.68. The van der Waals surface area contributed by atoms with Crippen LogP contribution >= 0.6 is 11.8 Å². The van der Waals surface area contributed by atoms with Gasteiger partial charge in [-0.05, 0) is 13.3 Å². The summed E-state index contributed by atoms with van der Waals surface area (Å²) in [7, 11) is 0. The molecule has 2 N–H and O–H groups in total. The van der Waals surface area contributed by atoms with E-state index >= 15 is 0 Å². The minimum absolute atomic E-state index is 0.171. The summed E-state index contributed by atoms with van der Waals surface area (Å²) in [6.07, 6.45) is 0.873. The summed E-state index contributed by atoms with van der Waals surface area (Å²) in [5, 5.41) is 17.8. The smallest absolute Gasteiger partial charge is 0.304 e. The molecule has 0 aliphatic carbocycles. The van der Waals surface area contributed by atoms with Gasteiger partial charge in [-0.2, -0.15) is 11.8 Å². The molecule has 0 aromatic carbocycles. The molecule has 72 valence electrons. The molecule has 0 fully saturated rings. The SMILES string of the molecule is CCC(C)(O)CSCCC(=O)O. The molecule has 0 bridgehead atoms. The molecular formula is C8H16O3S. The molecule has 0 amide bonds. The third-order valence-corrected chi connectivity index (χ3v) is 2.95. The lowest BCUT2D eigenvalue weighted by atomic mass is 10.1. The minimum atomic E-state index is -0.779. The van der Waals surface area contributed by atoms with Gasteiger partial charge in [-0.3, -0.25) is 4.79 Å². The quantitative estimate of drug-likeness (QED) is 0.624. The summed E-state index contributed by atoms with van der Waals surface area (Å²) in [5.74, 6) is 0.404. The molecule has 3 nitrogen and oxygen atoms in total. The third kappa shape index (κ3) is 6.49. The Bertz CT molecular complexity index is 145. The first-order valence-electron chi connectivity index (χ1n) is 4.00. The maximum atomic E-state index is 10.1. The molecule has 0 aliphatic rings. The van der Waals surface area contributed by atoms with E-state index in [1.54, 1.807) is 6.92 Å². The van der Waals surface area contributed by atoms with Crippen molar-refractivity contribution in [3.63, 3.8) is 0 Å². The van der Waals surface area contributed by atoms with Gasteiger partial charge < -0.3 is 10.2 Å². The predicted octanol–water partition coefficient (Wildman–Crippen LogP) is 1.36. The van der Waals surface area contributed by atoms with Crippen molar-refractivity contribution >= 4 is 17.7 Å². The molecule has 0 spiro atoms. The van der Waals surface area contributed by atoms with Crippen molar-refractivity contribution in [1.82, 2.24) is 0 Å². The van der Waals surface area contributed by atoms with Crippen molar-refractivity contribution in [2.75, 3.05) is 11.5 Å². The number of aliphatic carboxylic acids is 1. The Morgan fingerprint density at radius 2 is 2.17 bits per heavy atom. The molecular weight excluding hydrogens is 176 g/mol. The largest absolute Gasteiger partial charge is 0.481 e. The zero-order valence-corrected chi connectivity index (χ0v) is 8.36. The minimum Gasteiger partial charge on any atom is -0.481 e. The Morgan fingerprint density at radius 1 is 1.58 bits per heavy atom. The Labute approximate surface area is 77.2 Å². The topological polar surface area (TPSA) is 57.5 Å². The van der Waals surface area contributed by atoms with Gasteiger partial charge in [0.05, 0.1) is 12.0 Å². The van der Waals surface area contributed by atoms with Crippen molar-refractivity contribution in [2.24, 2.45) is 0 Å². The Morgan fingerprint density at radius 3 is 2.58 bits per heavy atom. The monoisotopic (exact) mass is 192 g/mol. The van der Waals surface area contributed by atoms with Crippen molar-refractivity contribution in [1.29, 1.82) is 0 Å². The maximum absolute atomic E-state index is 10.1. The van der Waals surface area contributed by atoms with Crippen LogP contribution in [0, 0.1) is 0 Å². The van der Waals surface area contributed by atoms with E-state index in [9.17, 15) is 9.90 Å². The molecule has 0 heterocycles. The Balaban J connectivity index is 3.37. The van der Waals surface area contributed by atoms with Gasteiger partial charge >= 0.3 is 5.97 Å². The van der Waals surface area contributed by atoms with Crippen LogP contribution in [0.25, 0.3) is 0 Å². The number of aliphatic hydroxyl groups is 1. The lowest BCUT2D eigenvalue weighted by molar-refractivity contribution is -0.136. The van der Waals surface area contributed by atoms with E-state index in [0.717, 1.165) is 0 Å². The van der Waals surface area contributed by atoms with Crippen molar-refractivity contribution in [2.45, 2.75) is 32.3 Å². The van der Waals surface area contributed by atoms with E-state index < -0.39 is 11.6 Å². The average molecular weight is 192 g/mol. The first kappa shape index (κ1) is 11.8. The van der Waals surface area contributed by atoms with Crippen LogP contribution in [-0.4, -0.2) is 33.3 Å². The third-order valence-electron chi connectivity index (χ3n) is 1.63. The summed E-state index contributed by atoms with van der Waals surface area (Å²) >= 11 is 1.48. The number of hydrogen-bond donors (Lipinski definition) is 2. The number of hydrogen-bond acceptors (Lipinski definition) is 3. The second-order valence-electron chi connectivity index (χ2n) is 3.05. The van der Waals surface area contributed by atoms with Crippen LogP contribution in [0.4, 0.5) is 0 Å². The number of carbonyl (C=O) groups is 1. The van der Waals surface area contributed by atoms with Crippen LogP contribution in [0.1, 0.15) is 26.7 Å². The second-order valence-corrected chi connectivity index (χ2v) is 4.15. The molecule has 0 aromatic heterocycles.